The molecule has 0 aliphatic carbocycles. The quantitative estimate of drug-likeness (QED) is 0.486. The van der Waals surface area contributed by atoms with Gasteiger partial charge >= 0.3 is 11.9 Å². The second-order valence-electron chi connectivity index (χ2n) is 5.08. The van der Waals surface area contributed by atoms with Crippen molar-refractivity contribution in [1.82, 2.24) is 0 Å². The Balaban J connectivity index is 1.84. The first-order chi connectivity index (χ1) is 12.1. The second kappa shape index (κ2) is 6.88. The molecule has 0 fully saturated rings. The predicted molar refractivity (Wildman–Crippen MR) is 90.2 cm³/mol. The summed E-state index contributed by atoms with van der Waals surface area (Å²) in [5.74, 6) is -0.528. The molecule has 0 unspecified atom stereocenters. The fourth-order valence-electron chi connectivity index (χ4n) is 2.20. The third-order valence-electron chi connectivity index (χ3n) is 3.50. The summed E-state index contributed by atoms with van der Waals surface area (Å²) >= 11 is 0. The van der Waals surface area contributed by atoms with Crippen LogP contribution in [-0.4, -0.2) is 24.9 Å². The van der Waals surface area contributed by atoms with E-state index in [1.165, 1.54) is 18.2 Å². The van der Waals surface area contributed by atoms with Gasteiger partial charge in [-0.2, -0.15) is 0 Å². The number of rotatable bonds is 4. The van der Waals surface area contributed by atoms with E-state index in [-0.39, 0.29) is 17.2 Å². The Morgan fingerprint density at radius 3 is 2.40 bits per heavy atom. The van der Waals surface area contributed by atoms with Crippen molar-refractivity contribution < 1.29 is 19.1 Å². The molecule has 1 heterocycles. The molecule has 0 saturated carbocycles. The average Bonchev–Trinajstić information content (AvgIpc) is 3.02. The number of carbonyl (C=O) groups excluding carboxylic acids is 2. The molecule has 1 aliphatic heterocycles. The number of cyclic esters (lactones) is 1. The molecule has 25 heavy (non-hydrogen) atoms. The highest BCUT2D eigenvalue weighted by atomic mass is 16.6. The summed E-state index contributed by atoms with van der Waals surface area (Å²) in [6, 6.07) is 13.0. The Bertz CT molecular complexity index is 896. The van der Waals surface area contributed by atoms with E-state index in [0.717, 1.165) is 0 Å². The number of aliphatic imine (C=N–C) groups is 1. The van der Waals surface area contributed by atoms with E-state index in [1.807, 2.05) is 0 Å². The number of benzene rings is 2. The van der Waals surface area contributed by atoms with Crippen LogP contribution < -0.4 is 4.74 Å². The van der Waals surface area contributed by atoms with E-state index >= 15 is 0 Å². The van der Waals surface area contributed by atoms with Gasteiger partial charge in [-0.05, 0) is 48.0 Å². The number of nitroso groups, excluding NO2 is 1. The van der Waals surface area contributed by atoms with Gasteiger partial charge in [-0.1, -0.05) is 12.1 Å². The maximum Gasteiger partial charge on any atom is 0.363 e. The van der Waals surface area contributed by atoms with Crippen LogP contribution in [0.25, 0.3) is 6.08 Å². The number of hydrogen-bond donors (Lipinski definition) is 0. The lowest BCUT2D eigenvalue weighted by Crippen LogP contribution is -2.05. The smallest absolute Gasteiger partial charge is 0.363 e. The molecule has 0 bridgehead atoms. The SMILES string of the molecule is COc1ccc(C2=N/C(=C/c3ccc(C(=O)N=O)cc3)C(=O)O2)cc1. The van der Waals surface area contributed by atoms with E-state index in [4.69, 9.17) is 9.47 Å². The Kier molecular flexibility index (Phi) is 4.47. The van der Waals surface area contributed by atoms with Crippen molar-refractivity contribution in [3.63, 3.8) is 0 Å². The molecule has 0 atom stereocenters. The fraction of sp³-hybridized carbons (Fsp3) is 0.0556. The van der Waals surface area contributed by atoms with Crippen LogP contribution in [0.2, 0.25) is 0 Å². The van der Waals surface area contributed by atoms with E-state index in [2.05, 4.69) is 10.2 Å². The maximum atomic E-state index is 12.0. The average molecular weight is 336 g/mol. The standard InChI is InChI=1S/C18H12N2O5/c1-24-14-8-6-13(7-9-14)17-19-15(18(22)25-17)10-11-2-4-12(5-3-11)16(21)20-23/h2-10H,1H3/b15-10+. The summed E-state index contributed by atoms with van der Waals surface area (Å²) in [5.41, 5.74) is 1.59. The van der Waals surface area contributed by atoms with Gasteiger partial charge in [0.2, 0.25) is 5.90 Å². The van der Waals surface area contributed by atoms with Crippen molar-refractivity contribution in [2.45, 2.75) is 0 Å². The van der Waals surface area contributed by atoms with Crippen LogP contribution in [0, 0.1) is 4.91 Å². The Labute approximate surface area is 142 Å². The molecule has 3 rings (SSSR count). The number of methoxy groups -OCH3 is 1. The van der Waals surface area contributed by atoms with Gasteiger partial charge in [-0.25, -0.2) is 9.79 Å². The summed E-state index contributed by atoms with van der Waals surface area (Å²) in [7, 11) is 1.56. The highest BCUT2D eigenvalue weighted by Crippen LogP contribution is 2.21. The fourth-order valence-corrected chi connectivity index (χ4v) is 2.20. The van der Waals surface area contributed by atoms with E-state index in [1.54, 1.807) is 43.5 Å². The van der Waals surface area contributed by atoms with E-state index < -0.39 is 11.9 Å². The predicted octanol–water partition coefficient (Wildman–Crippen LogP) is 2.95. The Hall–Kier alpha value is -3.61. The first kappa shape index (κ1) is 16.3. The maximum absolute atomic E-state index is 12.0. The topological polar surface area (TPSA) is 94.4 Å². The molecule has 0 spiro atoms. The van der Waals surface area contributed by atoms with Crippen molar-refractivity contribution >= 4 is 23.9 Å². The van der Waals surface area contributed by atoms with E-state index in [0.29, 0.717) is 16.9 Å². The third-order valence-corrected chi connectivity index (χ3v) is 3.50. The van der Waals surface area contributed by atoms with Crippen molar-refractivity contribution in [2.75, 3.05) is 7.11 Å². The monoisotopic (exact) mass is 336 g/mol. The molecule has 0 saturated heterocycles. The van der Waals surface area contributed by atoms with Crippen LogP contribution in [-0.2, 0) is 9.53 Å². The van der Waals surface area contributed by atoms with Crippen molar-refractivity contribution in [2.24, 2.45) is 10.2 Å². The molecule has 0 radical (unpaired) electrons. The molecule has 2 aromatic carbocycles. The first-order valence-electron chi connectivity index (χ1n) is 7.25. The lowest BCUT2D eigenvalue weighted by molar-refractivity contribution is -0.129. The zero-order valence-corrected chi connectivity index (χ0v) is 13.1. The molecule has 7 heteroatoms. The molecular formula is C18H12N2O5. The molecule has 1 amide bonds. The highest BCUT2D eigenvalue weighted by molar-refractivity contribution is 6.12. The molecule has 2 aromatic rings. The van der Waals surface area contributed by atoms with Crippen LogP contribution in [0.1, 0.15) is 21.5 Å². The van der Waals surface area contributed by atoms with Crippen LogP contribution >= 0.6 is 0 Å². The van der Waals surface area contributed by atoms with Crippen molar-refractivity contribution in [1.29, 1.82) is 0 Å². The van der Waals surface area contributed by atoms with Crippen LogP contribution in [0.3, 0.4) is 0 Å². The van der Waals surface area contributed by atoms with Gasteiger partial charge in [0.1, 0.15) is 5.75 Å². The zero-order valence-electron chi connectivity index (χ0n) is 13.1. The minimum absolute atomic E-state index is 0.137. The van der Waals surface area contributed by atoms with E-state index in [9.17, 15) is 14.5 Å². The number of nitrogens with zero attached hydrogens (tertiary/aromatic N) is 2. The molecular weight excluding hydrogens is 324 g/mol. The zero-order chi connectivity index (χ0) is 17.8. The summed E-state index contributed by atoms with van der Waals surface area (Å²) in [5, 5.41) is 2.35. The lowest BCUT2D eigenvalue weighted by atomic mass is 10.1. The van der Waals surface area contributed by atoms with Crippen LogP contribution in [0.4, 0.5) is 0 Å². The first-order valence-corrected chi connectivity index (χ1v) is 7.25. The third kappa shape index (κ3) is 3.50. The van der Waals surface area contributed by atoms with Crippen molar-refractivity contribution in [3.8, 4) is 5.75 Å². The number of ether oxygens (including phenoxy) is 2. The summed E-state index contributed by atoms with van der Waals surface area (Å²) in [6.45, 7) is 0. The van der Waals surface area contributed by atoms with Crippen molar-refractivity contribution in [3.05, 3.63) is 75.8 Å². The molecule has 1 aliphatic rings. The Morgan fingerprint density at radius 1 is 1.12 bits per heavy atom. The number of amides is 1. The highest BCUT2D eigenvalue weighted by Gasteiger charge is 2.24. The van der Waals surface area contributed by atoms with Gasteiger partial charge in [-0.15, -0.1) is 4.91 Å². The molecule has 124 valence electrons. The summed E-state index contributed by atoms with van der Waals surface area (Å²) in [4.78, 5) is 37.6. The summed E-state index contributed by atoms with van der Waals surface area (Å²) < 4.78 is 10.3. The minimum Gasteiger partial charge on any atom is -0.497 e. The van der Waals surface area contributed by atoms with Gasteiger partial charge in [0.05, 0.1) is 7.11 Å². The normalized spacial score (nSPS) is 14.8. The second-order valence-corrected chi connectivity index (χ2v) is 5.08. The number of esters is 1. The van der Waals surface area contributed by atoms with Gasteiger partial charge in [-0.3, -0.25) is 4.79 Å². The molecule has 0 N–H and O–H groups in total. The van der Waals surface area contributed by atoms with Crippen LogP contribution in [0.15, 0.2) is 64.4 Å². The minimum atomic E-state index is -0.848. The van der Waals surface area contributed by atoms with Gasteiger partial charge in [0.15, 0.2) is 5.70 Å². The molecule has 0 aromatic heterocycles. The van der Waals surface area contributed by atoms with Gasteiger partial charge < -0.3 is 9.47 Å². The lowest BCUT2D eigenvalue weighted by Gasteiger charge is -2.01. The largest absolute Gasteiger partial charge is 0.497 e. The van der Waals surface area contributed by atoms with Gasteiger partial charge in [0.25, 0.3) is 0 Å². The number of carbonyl (C=O) groups is 2. The molecule has 7 nitrogen and oxygen atoms in total. The Morgan fingerprint density at radius 2 is 1.80 bits per heavy atom. The van der Waals surface area contributed by atoms with Gasteiger partial charge in [0, 0.05) is 16.3 Å². The van der Waals surface area contributed by atoms with Crippen LogP contribution in [0.5, 0.6) is 5.75 Å². The number of hydrogen-bond acceptors (Lipinski definition) is 6. The summed E-state index contributed by atoms with van der Waals surface area (Å²) in [6.07, 6.45) is 1.53.